The maximum absolute atomic E-state index is 11.9. The molecule has 0 saturated carbocycles. The maximum atomic E-state index is 11.9. The second-order valence-corrected chi connectivity index (χ2v) is 4.48. The molecule has 0 unspecified atom stereocenters. The van der Waals surface area contributed by atoms with Gasteiger partial charge in [0.25, 0.3) is 0 Å². The average molecular weight is 267 g/mol. The zero-order valence-electron chi connectivity index (χ0n) is 10.1. The van der Waals surface area contributed by atoms with Crippen LogP contribution in [0.5, 0.6) is 0 Å². The van der Waals surface area contributed by atoms with Crippen molar-refractivity contribution in [2.45, 2.75) is 19.8 Å². The van der Waals surface area contributed by atoms with Gasteiger partial charge in [-0.25, -0.2) is 4.79 Å². The lowest BCUT2D eigenvalue weighted by molar-refractivity contribution is 0.240. The molecule has 1 heterocycles. The van der Waals surface area contributed by atoms with E-state index in [-0.39, 0.29) is 6.03 Å². The Bertz CT molecular complexity index is 579. The van der Waals surface area contributed by atoms with E-state index in [0.717, 1.165) is 18.2 Å². The number of anilines is 1. The maximum Gasteiger partial charge on any atom is 0.342 e. The first-order chi connectivity index (χ1) is 8.63. The van der Waals surface area contributed by atoms with Crippen molar-refractivity contribution in [1.29, 1.82) is 0 Å². The number of amides is 1. The monoisotopic (exact) mass is 266 g/mol. The van der Waals surface area contributed by atoms with E-state index >= 15 is 0 Å². The molecule has 0 aliphatic rings. The van der Waals surface area contributed by atoms with Crippen molar-refractivity contribution in [3.8, 4) is 0 Å². The number of aromatic nitrogens is 2. The summed E-state index contributed by atoms with van der Waals surface area (Å²) in [5.41, 5.74) is 6.38. The van der Waals surface area contributed by atoms with E-state index < -0.39 is 0 Å². The summed E-state index contributed by atoms with van der Waals surface area (Å²) < 4.78 is 1.26. The third-order valence-corrected chi connectivity index (χ3v) is 2.91. The molecule has 6 heteroatoms. The fourth-order valence-electron chi connectivity index (χ4n) is 1.71. The highest BCUT2D eigenvalue weighted by atomic mass is 35.5. The Balaban J connectivity index is 2.32. The first kappa shape index (κ1) is 12.7. The van der Waals surface area contributed by atoms with Gasteiger partial charge in [0, 0.05) is 17.0 Å². The van der Waals surface area contributed by atoms with Crippen LogP contribution in [0.3, 0.4) is 0 Å². The van der Waals surface area contributed by atoms with Crippen molar-refractivity contribution in [2.75, 3.05) is 12.3 Å². The molecule has 0 aliphatic heterocycles. The Morgan fingerprint density at radius 2 is 2.33 bits per heavy atom. The van der Waals surface area contributed by atoms with Crippen LogP contribution >= 0.6 is 11.6 Å². The average Bonchev–Trinajstić information content (AvgIpc) is 2.66. The van der Waals surface area contributed by atoms with E-state index in [1.807, 2.05) is 0 Å². The number of hydrogen-bond donors (Lipinski definition) is 2. The van der Waals surface area contributed by atoms with E-state index in [2.05, 4.69) is 17.3 Å². The first-order valence-electron chi connectivity index (χ1n) is 5.85. The van der Waals surface area contributed by atoms with E-state index in [1.54, 1.807) is 18.2 Å². The largest absolute Gasteiger partial charge is 0.382 e. The van der Waals surface area contributed by atoms with Gasteiger partial charge in [-0.05, 0) is 24.6 Å². The van der Waals surface area contributed by atoms with Crippen LogP contribution in [0.1, 0.15) is 19.8 Å². The molecule has 0 aliphatic carbocycles. The number of halogens is 1. The van der Waals surface area contributed by atoms with Crippen LogP contribution < -0.4 is 11.1 Å². The lowest BCUT2D eigenvalue weighted by atomic mass is 10.2. The van der Waals surface area contributed by atoms with Gasteiger partial charge in [0.1, 0.15) is 0 Å². The van der Waals surface area contributed by atoms with Crippen LogP contribution in [0.2, 0.25) is 5.02 Å². The van der Waals surface area contributed by atoms with Crippen molar-refractivity contribution in [2.24, 2.45) is 0 Å². The molecule has 96 valence electrons. The van der Waals surface area contributed by atoms with Gasteiger partial charge in [0.05, 0.1) is 5.52 Å². The van der Waals surface area contributed by atoms with Crippen molar-refractivity contribution in [3.05, 3.63) is 23.2 Å². The second kappa shape index (κ2) is 5.27. The fourth-order valence-corrected chi connectivity index (χ4v) is 1.88. The summed E-state index contributed by atoms with van der Waals surface area (Å²) in [5.74, 6) is 0.326. The zero-order chi connectivity index (χ0) is 13.1. The molecule has 1 amide bonds. The smallest absolute Gasteiger partial charge is 0.342 e. The topological polar surface area (TPSA) is 72.9 Å². The van der Waals surface area contributed by atoms with Crippen LogP contribution in [-0.4, -0.2) is 22.4 Å². The molecule has 0 fully saturated rings. The van der Waals surface area contributed by atoms with Crippen molar-refractivity contribution < 1.29 is 4.79 Å². The zero-order valence-corrected chi connectivity index (χ0v) is 10.9. The lowest BCUT2D eigenvalue weighted by Gasteiger charge is -2.04. The first-order valence-corrected chi connectivity index (χ1v) is 6.23. The second-order valence-electron chi connectivity index (χ2n) is 4.04. The summed E-state index contributed by atoms with van der Waals surface area (Å²) in [7, 11) is 0. The Morgan fingerprint density at radius 3 is 3.06 bits per heavy atom. The number of nitrogens with zero attached hydrogens (tertiary/aromatic N) is 2. The van der Waals surface area contributed by atoms with Gasteiger partial charge in [0.2, 0.25) is 0 Å². The number of nitrogens with one attached hydrogen (secondary N) is 1. The van der Waals surface area contributed by atoms with Crippen molar-refractivity contribution >= 4 is 34.4 Å². The van der Waals surface area contributed by atoms with Gasteiger partial charge in [-0.15, -0.1) is 5.10 Å². The molecule has 18 heavy (non-hydrogen) atoms. The van der Waals surface area contributed by atoms with E-state index in [1.165, 1.54) is 4.68 Å². The van der Waals surface area contributed by atoms with Gasteiger partial charge in [-0.3, -0.25) is 0 Å². The summed E-state index contributed by atoms with van der Waals surface area (Å²) in [6.07, 6.45) is 1.95. The van der Waals surface area contributed by atoms with Crippen LogP contribution in [-0.2, 0) is 0 Å². The van der Waals surface area contributed by atoms with E-state index in [0.29, 0.717) is 22.9 Å². The Morgan fingerprint density at radius 1 is 1.56 bits per heavy atom. The predicted molar refractivity (Wildman–Crippen MR) is 72.9 cm³/mol. The molecule has 0 radical (unpaired) electrons. The predicted octanol–water partition coefficient (Wildman–Crippen LogP) is 2.63. The molecular formula is C12H15ClN4O. The molecule has 0 atom stereocenters. The molecule has 0 bridgehead atoms. The van der Waals surface area contributed by atoms with Crippen molar-refractivity contribution in [1.82, 2.24) is 15.1 Å². The van der Waals surface area contributed by atoms with Crippen LogP contribution in [0.25, 0.3) is 10.9 Å². The van der Waals surface area contributed by atoms with Gasteiger partial charge < -0.3 is 11.1 Å². The molecule has 5 nitrogen and oxygen atoms in total. The minimum Gasteiger partial charge on any atom is -0.382 e. The molecule has 2 rings (SSSR count). The fraction of sp³-hybridized carbons (Fsp3) is 0.333. The number of nitrogen functional groups attached to an aromatic ring is 1. The summed E-state index contributed by atoms with van der Waals surface area (Å²) in [6, 6.07) is 4.88. The molecule has 3 N–H and O–H groups in total. The third kappa shape index (κ3) is 2.41. The minimum atomic E-state index is -0.285. The highest BCUT2D eigenvalue weighted by Crippen LogP contribution is 2.23. The van der Waals surface area contributed by atoms with Crippen LogP contribution in [0.4, 0.5) is 10.6 Å². The highest BCUT2D eigenvalue weighted by molar-refractivity contribution is 6.31. The SMILES string of the molecule is CCCCNC(=O)n1nc(N)c2ccc(Cl)cc21. The normalized spacial score (nSPS) is 10.8. The van der Waals surface area contributed by atoms with Gasteiger partial charge in [-0.1, -0.05) is 24.9 Å². The van der Waals surface area contributed by atoms with Gasteiger partial charge >= 0.3 is 6.03 Å². The van der Waals surface area contributed by atoms with Crippen LogP contribution in [0.15, 0.2) is 18.2 Å². The van der Waals surface area contributed by atoms with Crippen molar-refractivity contribution in [3.63, 3.8) is 0 Å². The Kier molecular flexibility index (Phi) is 3.72. The number of unbranched alkanes of at least 4 members (excludes halogenated alkanes) is 1. The lowest BCUT2D eigenvalue weighted by Crippen LogP contribution is -2.30. The summed E-state index contributed by atoms with van der Waals surface area (Å²) in [5, 5.41) is 8.09. The number of nitrogens with two attached hydrogens (primary N) is 1. The molecule has 0 saturated heterocycles. The number of carbonyl (C=O) groups is 1. The van der Waals surface area contributed by atoms with Gasteiger partial charge in [-0.2, -0.15) is 4.68 Å². The third-order valence-electron chi connectivity index (χ3n) is 2.67. The van der Waals surface area contributed by atoms with E-state index in [9.17, 15) is 4.79 Å². The Hall–Kier alpha value is -1.75. The molecule has 0 spiro atoms. The molecule has 1 aromatic heterocycles. The quantitative estimate of drug-likeness (QED) is 0.839. The number of carbonyl (C=O) groups excluding carboxylic acids is 1. The standard InChI is InChI=1S/C12H15ClN4O/c1-2-3-6-15-12(18)17-10-7-8(13)4-5-9(10)11(14)16-17/h4-5,7H,2-3,6H2,1H3,(H2,14,16)(H,15,18). The highest BCUT2D eigenvalue weighted by Gasteiger charge is 2.13. The van der Waals surface area contributed by atoms with E-state index in [4.69, 9.17) is 17.3 Å². The summed E-state index contributed by atoms with van der Waals surface area (Å²) >= 11 is 5.92. The summed E-state index contributed by atoms with van der Waals surface area (Å²) in [6.45, 7) is 2.68. The molecule has 1 aromatic carbocycles. The Labute approximate surface area is 110 Å². The van der Waals surface area contributed by atoms with Crippen LogP contribution in [0, 0.1) is 0 Å². The number of fused-ring (bicyclic) bond motifs is 1. The van der Waals surface area contributed by atoms with Gasteiger partial charge in [0.15, 0.2) is 5.82 Å². The number of benzene rings is 1. The minimum absolute atomic E-state index is 0.285. The molecular weight excluding hydrogens is 252 g/mol. The summed E-state index contributed by atoms with van der Waals surface area (Å²) in [4.78, 5) is 11.9. The number of hydrogen-bond acceptors (Lipinski definition) is 3. The molecule has 2 aromatic rings. The number of rotatable bonds is 3.